The molecular formula is C12H18F2N4. The number of nitrogens with zero attached hydrogens (tertiary/aromatic N) is 3. The van der Waals surface area contributed by atoms with Crippen molar-refractivity contribution in [2.45, 2.75) is 18.9 Å². The van der Waals surface area contributed by atoms with E-state index in [0.717, 1.165) is 18.9 Å². The number of nitrogen functional groups attached to an aromatic ring is 1. The molecule has 0 spiro atoms. The van der Waals surface area contributed by atoms with E-state index in [1.165, 1.54) is 0 Å². The molecule has 1 fully saturated rings. The fraction of sp³-hybridized carbons (Fsp3) is 0.583. The lowest BCUT2D eigenvalue weighted by Crippen LogP contribution is -2.42. The maximum atomic E-state index is 13.7. The molecular weight excluding hydrogens is 238 g/mol. The van der Waals surface area contributed by atoms with Gasteiger partial charge in [0.05, 0.1) is 0 Å². The summed E-state index contributed by atoms with van der Waals surface area (Å²) in [5.74, 6) is -1.54. The van der Waals surface area contributed by atoms with Crippen LogP contribution in [0.15, 0.2) is 6.07 Å². The van der Waals surface area contributed by atoms with Gasteiger partial charge in [-0.05, 0) is 26.9 Å². The molecule has 0 saturated carbocycles. The summed E-state index contributed by atoms with van der Waals surface area (Å²) in [5.41, 5.74) is 5.38. The van der Waals surface area contributed by atoms with Crippen molar-refractivity contribution < 1.29 is 8.78 Å². The van der Waals surface area contributed by atoms with E-state index in [9.17, 15) is 8.78 Å². The van der Waals surface area contributed by atoms with Gasteiger partial charge in [-0.1, -0.05) is 0 Å². The summed E-state index contributed by atoms with van der Waals surface area (Å²) in [6, 6.07) is 1.30. The number of pyridine rings is 1. The van der Waals surface area contributed by atoms with Crippen LogP contribution in [0.3, 0.4) is 0 Å². The molecule has 2 heterocycles. The Morgan fingerprint density at radius 1 is 1.28 bits per heavy atom. The van der Waals surface area contributed by atoms with Gasteiger partial charge in [-0.15, -0.1) is 0 Å². The van der Waals surface area contributed by atoms with Crippen molar-refractivity contribution in [3.05, 3.63) is 17.7 Å². The molecule has 0 atom stereocenters. The van der Waals surface area contributed by atoms with E-state index in [4.69, 9.17) is 5.73 Å². The summed E-state index contributed by atoms with van der Waals surface area (Å²) in [7, 11) is 4.07. The fourth-order valence-electron chi connectivity index (χ4n) is 2.29. The molecule has 1 aromatic heterocycles. The highest BCUT2D eigenvalue weighted by Crippen LogP contribution is 2.24. The summed E-state index contributed by atoms with van der Waals surface area (Å²) >= 11 is 0. The van der Waals surface area contributed by atoms with Crippen molar-refractivity contribution >= 4 is 11.6 Å². The highest BCUT2D eigenvalue weighted by molar-refractivity contribution is 5.47. The predicted molar refractivity (Wildman–Crippen MR) is 67.5 cm³/mol. The van der Waals surface area contributed by atoms with Crippen LogP contribution in [-0.2, 0) is 0 Å². The van der Waals surface area contributed by atoms with E-state index >= 15 is 0 Å². The molecule has 2 rings (SSSR count). The van der Waals surface area contributed by atoms with Crippen LogP contribution in [0.5, 0.6) is 0 Å². The van der Waals surface area contributed by atoms with E-state index in [1.54, 1.807) is 0 Å². The third kappa shape index (κ3) is 2.53. The smallest absolute Gasteiger partial charge is 0.168 e. The number of nitrogens with two attached hydrogens (primary N) is 1. The zero-order valence-corrected chi connectivity index (χ0v) is 10.7. The van der Waals surface area contributed by atoms with Crippen LogP contribution in [0.25, 0.3) is 0 Å². The largest absolute Gasteiger partial charge is 0.381 e. The molecule has 0 aliphatic carbocycles. The van der Waals surface area contributed by atoms with Crippen LogP contribution in [0.4, 0.5) is 20.4 Å². The number of aromatic nitrogens is 1. The Kier molecular flexibility index (Phi) is 3.65. The molecule has 0 unspecified atom stereocenters. The molecule has 100 valence electrons. The van der Waals surface area contributed by atoms with E-state index in [0.29, 0.717) is 19.1 Å². The van der Waals surface area contributed by atoms with Crippen LogP contribution in [0.2, 0.25) is 0 Å². The minimum Gasteiger partial charge on any atom is -0.381 e. The normalized spacial score (nSPS) is 17.5. The highest BCUT2D eigenvalue weighted by atomic mass is 19.1. The van der Waals surface area contributed by atoms with Gasteiger partial charge in [-0.2, -0.15) is 0 Å². The Morgan fingerprint density at radius 2 is 1.89 bits per heavy atom. The monoisotopic (exact) mass is 256 g/mol. The quantitative estimate of drug-likeness (QED) is 0.870. The summed E-state index contributed by atoms with van der Waals surface area (Å²) in [6.07, 6.45) is 1.87. The molecule has 4 nitrogen and oxygen atoms in total. The van der Waals surface area contributed by atoms with Crippen molar-refractivity contribution in [2.75, 3.05) is 37.8 Å². The summed E-state index contributed by atoms with van der Waals surface area (Å²) in [5, 5.41) is 0. The van der Waals surface area contributed by atoms with E-state index < -0.39 is 11.6 Å². The van der Waals surface area contributed by atoms with Gasteiger partial charge in [0.15, 0.2) is 23.3 Å². The second kappa shape index (κ2) is 5.06. The molecule has 0 bridgehead atoms. The zero-order chi connectivity index (χ0) is 13.3. The molecule has 0 radical (unpaired) electrons. The number of rotatable bonds is 2. The SMILES string of the molecule is CN(C)C1CCN(c2nc(N)c(F)cc2F)CC1. The second-order valence-corrected chi connectivity index (χ2v) is 4.84. The fourth-order valence-corrected chi connectivity index (χ4v) is 2.29. The summed E-state index contributed by atoms with van der Waals surface area (Å²) in [6.45, 7) is 1.41. The average molecular weight is 256 g/mol. The molecule has 2 N–H and O–H groups in total. The molecule has 0 amide bonds. The van der Waals surface area contributed by atoms with Gasteiger partial charge < -0.3 is 15.5 Å². The minimum absolute atomic E-state index is 0.158. The van der Waals surface area contributed by atoms with Gasteiger partial charge in [0.25, 0.3) is 0 Å². The molecule has 1 aliphatic heterocycles. The Balaban J connectivity index is 2.12. The number of halogens is 2. The summed E-state index contributed by atoms with van der Waals surface area (Å²) in [4.78, 5) is 7.80. The van der Waals surface area contributed by atoms with Crippen molar-refractivity contribution in [1.82, 2.24) is 9.88 Å². The predicted octanol–water partition coefficient (Wildman–Crippen LogP) is 1.47. The molecule has 1 saturated heterocycles. The Hall–Kier alpha value is -1.43. The van der Waals surface area contributed by atoms with Gasteiger partial charge in [0.1, 0.15) is 0 Å². The van der Waals surface area contributed by atoms with Crippen LogP contribution >= 0.6 is 0 Å². The Morgan fingerprint density at radius 3 is 2.44 bits per heavy atom. The first-order valence-corrected chi connectivity index (χ1v) is 6.02. The molecule has 0 aromatic carbocycles. The maximum Gasteiger partial charge on any atom is 0.168 e. The lowest BCUT2D eigenvalue weighted by molar-refractivity contribution is 0.249. The standard InChI is InChI=1S/C12H18F2N4/c1-17(2)8-3-5-18(6-4-8)12-10(14)7-9(13)11(15)16-12/h7-8H,3-6H2,1-2H3,(H2,15,16). The van der Waals surface area contributed by atoms with Gasteiger partial charge in [-0.25, -0.2) is 13.8 Å². The first kappa shape index (κ1) is 13.0. The van der Waals surface area contributed by atoms with Gasteiger partial charge in [-0.3, -0.25) is 0 Å². The number of piperidine rings is 1. The molecule has 6 heteroatoms. The number of anilines is 2. The van der Waals surface area contributed by atoms with Crippen molar-refractivity contribution in [3.8, 4) is 0 Å². The zero-order valence-electron chi connectivity index (χ0n) is 10.7. The van der Waals surface area contributed by atoms with Crippen molar-refractivity contribution in [1.29, 1.82) is 0 Å². The Labute approximate surface area is 105 Å². The van der Waals surface area contributed by atoms with Crippen LogP contribution < -0.4 is 10.6 Å². The van der Waals surface area contributed by atoms with Crippen LogP contribution in [0.1, 0.15) is 12.8 Å². The van der Waals surface area contributed by atoms with Crippen molar-refractivity contribution in [2.24, 2.45) is 0 Å². The molecule has 1 aliphatic rings. The third-order valence-electron chi connectivity index (χ3n) is 3.43. The molecule has 1 aromatic rings. The van der Waals surface area contributed by atoms with Gasteiger partial charge in [0, 0.05) is 25.2 Å². The van der Waals surface area contributed by atoms with Crippen LogP contribution in [0, 0.1) is 11.6 Å². The second-order valence-electron chi connectivity index (χ2n) is 4.84. The van der Waals surface area contributed by atoms with Crippen molar-refractivity contribution in [3.63, 3.8) is 0 Å². The van der Waals surface area contributed by atoms with E-state index in [-0.39, 0.29) is 11.6 Å². The lowest BCUT2D eigenvalue weighted by Gasteiger charge is -2.35. The van der Waals surface area contributed by atoms with Crippen LogP contribution in [-0.4, -0.2) is 43.1 Å². The van der Waals surface area contributed by atoms with Gasteiger partial charge >= 0.3 is 0 Å². The average Bonchev–Trinajstić information content (AvgIpc) is 2.34. The van der Waals surface area contributed by atoms with E-state index in [1.807, 2.05) is 19.0 Å². The Bertz CT molecular complexity index is 428. The third-order valence-corrected chi connectivity index (χ3v) is 3.43. The first-order chi connectivity index (χ1) is 8.49. The summed E-state index contributed by atoms with van der Waals surface area (Å²) < 4.78 is 26.7. The maximum absolute atomic E-state index is 13.7. The first-order valence-electron chi connectivity index (χ1n) is 6.02. The number of hydrogen-bond donors (Lipinski definition) is 1. The molecule has 18 heavy (non-hydrogen) atoms. The van der Waals surface area contributed by atoms with E-state index in [2.05, 4.69) is 9.88 Å². The topological polar surface area (TPSA) is 45.4 Å². The lowest BCUT2D eigenvalue weighted by atomic mass is 10.0. The highest BCUT2D eigenvalue weighted by Gasteiger charge is 2.24. The minimum atomic E-state index is -0.806. The van der Waals surface area contributed by atoms with Gasteiger partial charge in [0.2, 0.25) is 0 Å². The number of hydrogen-bond acceptors (Lipinski definition) is 4.